The van der Waals surface area contributed by atoms with Crippen molar-refractivity contribution in [2.45, 2.75) is 53.5 Å². The van der Waals surface area contributed by atoms with Gasteiger partial charge in [0.25, 0.3) is 0 Å². The zero-order valence-corrected chi connectivity index (χ0v) is 17.1. The summed E-state index contributed by atoms with van der Waals surface area (Å²) in [5.41, 5.74) is 6.30. The zero-order valence-electron chi connectivity index (χ0n) is 17.1. The van der Waals surface area contributed by atoms with Crippen LogP contribution in [0.25, 0.3) is 0 Å². The van der Waals surface area contributed by atoms with Crippen LogP contribution in [-0.4, -0.2) is 34.9 Å². The number of hydrogen-bond acceptors (Lipinski definition) is 2. The van der Waals surface area contributed by atoms with E-state index < -0.39 is 0 Å². The maximum absolute atomic E-state index is 4.74. The number of hydrogen-bond donors (Lipinski definition) is 2. The third-order valence-corrected chi connectivity index (χ3v) is 4.65. The fourth-order valence-corrected chi connectivity index (χ4v) is 3.19. The third kappa shape index (κ3) is 5.61. The zero-order chi connectivity index (χ0) is 19.1. The Morgan fingerprint density at radius 3 is 2.65 bits per heavy atom. The molecule has 1 unspecified atom stereocenters. The average Bonchev–Trinajstić information content (AvgIpc) is 2.81. The summed E-state index contributed by atoms with van der Waals surface area (Å²) in [4.78, 5) is 4.74. The van der Waals surface area contributed by atoms with E-state index in [1.54, 1.807) is 0 Å². The minimum atomic E-state index is 0.286. The summed E-state index contributed by atoms with van der Waals surface area (Å²) in [6, 6.07) is 8.92. The minimum absolute atomic E-state index is 0.286. The smallest absolute Gasteiger partial charge is 0.191 e. The van der Waals surface area contributed by atoms with Crippen molar-refractivity contribution in [1.29, 1.82) is 0 Å². The van der Waals surface area contributed by atoms with Gasteiger partial charge in [0.2, 0.25) is 0 Å². The Labute approximate surface area is 157 Å². The maximum Gasteiger partial charge on any atom is 0.191 e. The first-order valence-electron chi connectivity index (χ1n) is 9.50. The lowest BCUT2D eigenvalue weighted by Crippen LogP contribution is -2.43. The van der Waals surface area contributed by atoms with Crippen molar-refractivity contribution in [2.75, 3.05) is 13.1 Å². The number of nitrogens with zero attached hydrogens (tertiary/aromatic N) is 3. The standard InChI is InChI=1S/C21H33N5/c1-7-22-21(23-12-11-19-10-8-9-15(2)13-19)24-16(3)14-20-17(4)25-26(6)18(20)5/h8-10,13,16H,7,11-12,14H2,1-6H3,(H2,22,23,24). The van der Waals surface area contributed by atoms with Crippen molar-refractivity contribution < 1.29 is 0 Å². The van der Waals surface area contributed by atoms with Crippen LogP contribution in [0.1, 0.15) is 41.9 Å². The van der Waals surface area contributed by atoms with Crippen molar-refractivity contribution >= 4 is 5.96 Å². The van der Waals surface area contributed by atoms with Gasteiger partial charge in [-0.3, -0.25) is 9.67 Å². The quantitative estimate of drug-likeness (QED) is 0.593. The molecule has 0 fully saturated rings. The van der Waals surface area contributed by atoms with E-state index in [0.29, 0.717) is 0 Å². The molecular formula is C21H33N5. The van der Waals surface area contributed by atoms with E-state index in [1.165, 1.54) is 22.4 Å². The van der Waals surface area contributed by atoms with Gasteiger partial charge in [0.15, 0.2) is 5.96 Å². The van der Waals surface area contributed by atoms with Gasteiger partial charge in [-0.05, 0) is 58.6 Å². The molecule has 0 amide bonds. The first-order valence-corrected chi connectivity index (χ1v) is 9.50. The molecule has 0 saturated heterocycles. The van der Waals surface area contributed by atoms with Crippen LogP contribution in [0.3, 0.4) is 0 Å². The average molecular weight is 356 g/mol. The van der Waals surface area contributed by atoms with E-state index >= 15 is 0 Å². The van der Waals surface area contributed by atoms with Crippen molar-refractivity contribution in [2.24, 2.45) is 12.0 Å². The van der Waals surface area contributed by atoms with E-state index in [2.05, 4.69) is 74.6 Å². The van der Waals surface area contributed by atoms with Crippen LogP contribution in [0.4, 0.5) is 0 Å². The number of guanidine groups is 1. The van der Waals surface area contributed by atoms with E-state index in [1.807, 2.05) is 11.7 Å². The Bertz CT molecular complexity index is 745. The molecule has 0 bridgehead atoms. The van der Waals surface area contributed by atoms with E-state index in [-0.39, 0.29) is 6.04 Å². The molecule has 2 rings (SSSR count). The molecule has 0 aliphatic rings. The van der Waals surface area contributed by atoms with Gasteiger partial charge in [-0.15, -0.1) is 0 Å². The van der Waals surface area contributed by atoms with E-state index in [0.717, 1.165) is 37.6 Å². The van der Waals surface area contributed by atoms with Crippen molar-refractivity contribution in [3.8, 4) is 0 Å². The van der Waals surface area contributed by atoms with Crippen LogP contribution in [-0.2, 0) is 19.9 Å². The van der Waals surface area contributed by atoms with Crippen LogP contribution in [0.5, 0.6) is 0 Å². The van der Waals surface area contributed by atoms with Crippen LogP contribution in [0, 0.1) is 20.8 Å². The number of aromatic nitrogens is 2. The first kappa shape index (κ1) is 20.0. The normalized spacial score (nSPS) is 12.9. The monoisotopic (exact) mass is 355 g/mol. The molecule has 5 nitrogen and oxygen atoms in total. The molecule has 0 aliphatic heterocycles. The lowest BCUT2D eigenvalue weighted by Gasteiger charge is -2.18. The summed E-state index contributed by atoms with van der Waals surface area (Å²) in [5.74, 6) is 0.881. The molecule has 26 heavy (non-hydrogen) atoms. The van der Waals surface area contributed by atoms with Gasteiger partial charge >= 0.3 is 0 Å². The number of benzene rings is 1. The molecule has 0 radical (unpaired) electrons. The van der Waals surface area contributed by atoms with Crippen LogP contribution in [0.15, 0.2) is 29.3 Å². The predicted molar refractivity (Wildman–Crippen MR) is 110 cm³/mol. The van der Waals surface area contributed by atoms with E-state index in [4.69, 9.17) is 4.99 Å². The highest BCUT2D eigenvalue weighted by molar-refractivity contribution is 5.80. The summed E-state index contributed by atoms with van der Waals surface area (Å²) in [5, 5.41) is 11.4. The molecule has 1 aromatic carbocycles. The summed E-state index contributed by atoms with van der Waals surface area (Å²) < 4.78 is 1.96. The largest absolute Gasteiger partial charge is 0.357 e. The fraction of sp³-hybridized carbons (Fsp3) is 0.524. The Morgan fingerprint density at radius 2 is 2.04 bits per heavy atom. The highest BCUT2D eigenvalue weighted by atomic mass is 15.3. The van der Waals surface area contributed by atoms with Crippen LogP contribution < -0.4 is 10.6 Å². The molecular weight excluding hydrogens is 322 g/mol. The van der Waals surface area contributed by atoms with Gasteiger partial charge in [0.1, 0.15) is 0 Å². The highest BCUT2D eigenvalue weighted by Gasteiger charge is 2.13. The second-order valence-corrected chi connectivity index (χ2v) is 7.02. The van der Waals surface area contributed by atoms with Crippen molar-refractivity contribution in [1.82, 2.24) is 20.4 Å². The predicted octanol–water partition coefficient (Wildman–Crippen LogP) is 3.07. The highest BCUT2D eigenvalue weighted by Crippen LogP contribution is 2.14. The van der Waals surface area contributed by atoms with Gasteiger partial charge in [0.05, 0.1) is 5.69 Å². The first-order chi connectivity index (χ1) is 12.4. The van der Waals surface area contributed by atoms with Crippen molar-refractivity contribution in [3.63, 3.8) is 0 Å². The fourth-order valence-electron chi connectivity index (χ4n) is 3.19. The number of rotatable bonds is 7. The van der Waals surface area contributed by atoms with Crippen LogP contribution >= 0.6 is 0 Å². The number of nitrogens with one attached hydrogen (secondary N) is 2. The molecule has 0 aliphatic carbocycles. The third-order valence-electron chi connectivity index (χ3n) is 4.65. The lowest BCUT2D eigenvalue weighted by molar-refractivity contribution is 0.635. The van der Waals surface area contributed by atoms with Crippen LogP contribution in [0.2, 0.25) is 0 Å². The summed E-state index contributed by atoms with van der Waals surface area (Å²) >= 11 is 0. The summed E-state index contributed by atoms with van der Waals surface area (Å²) in [6.45, 7) is 12.3. The molecule has 1 heterocycles. The SMILES string of the molecule is CCNC(=NCCc1cccc(C)c1)NC(C)Cc1c(C)nn(C)c1C. The molecule has 5 heteroatoms. The second kappa shape index (κ2) is 9.41. The Morgan fingerprint density at radius 1 is 1.27 bits per heavy atom. The van der Waals surface area contributed by atoms with Gasteiger partial charge in [0, 0.05) is 31.9 Å². The molecule has 2 aromatic rings. The van der Waals surface area contributed by atoms with E-state index in [9.17, 15) is 0 Å². The second-order valence-electron chi connectivity index (χ2n) is 7.02. The molecule has 2 N–H and O–H groups in total. The summed E-state index contributed by atoms with van der Waals surface area (Å²) in [7, 11) is 2.00. The molecule has 1 atom stereocenters. The topological polar surface area (TPSA) is 54.2 Å². The number of aryl methyl sites for hydroxylation is 3. The van der Waals surface area contributed by atoms with Gasteiger partial charge in [-0.1, -0.05) is 29.8 Å². The molecule has 1 aromatic heterocycles. The minimum Gasteiger partial charge on any atom is -0.357 e. The Hall–Kier alpha value is -2.30. The molecule has 0 saturated carbocycles. The van der Waals surface area contributed by atoms with Gasteiger partial charge in [-0.2, -0.15) is 5.10 Å². The van der Waals surface area contributed by atoms with Gasteiger partial charge in [-0.25, -0.2) is 0 Å². The Kier molecular flexibility index (Phi) is 7.25. The Balaban J connectivity index is 1.95. The number of aliphatic imine (C=N–C) groups is 1. The van der Waals surface area contributed by atoms with Crippen molar-refractivity contribution in [3.05, 3.63) is 52.3 Å². The molecule has 0 spiro atoms. The maximum atomic E-state index is 4.74. The lowest BCUT2D eigenvalue weighted by atomic mass is 10.1. The van der Waals surface area contributed by atoms with Gasteiger partial charge < -0.3 is 10.6 Å². The molecule has 142 valence electrons. The summed E-state index contributed by atoms with van der Waals surface area (Å²) in [6.07, 6.45) is 1.89.